The standard InChI is InChI=1S/C16H25NO/c1-3-16(2,9-10-18)17-12-13-5-4-6-15(11-13)14-7-8-14/h4-6,11,14,17-18H,3,7-10,12H2,1-2H3. The van der Waals surface area contributed by atoms with Crippen LogP contribution in [0.2, 0.25) is 0 Å². The lowest BCUT2D eigenvalue weighted by atomic mass is 9.94. The molecule has 0 aromatic heterocycles. The Morgan fingerprint density at radius 3 is 2.78 bits per heavy atom. The average molecular weight is 247 g/mol. The van der Waals surface area contributed by atoms with Crippen molar-refractivity contribution in [1.29, 1.82) is 0 Å². The highest BCUT2D eigenvalue weighted by molar-refractivity contribution is 5.29. The molecule has 2 heteroatoms. The van der Waals surface area contributed by atoms with Crippen LogP contribution < -0.4 is 5.32 Å². The van der Waals surface area contributed by atoms with Crippen molar-refractivity contribution in [2.45, 2.75) is 57.5 Å². The second-order valence-electron chi connectivity index (χ2n) is 5.76. The molecular formula is C16H25NO. The Labute approximate surface area is 110 Å². The maximum Gasteiger partial charge on any atom is 0.0448 e. The van der Waals surface area contributed by atoms with Gasteiger partial charge in [-0.1, -0.05) is 31.2 Å². The van der Waals surface area contributed by atoms with Gasteiger partial charge >= 0.3 is 0 Å². The molecule has 0 bridgehead atoms. The number of benzene rings is 1. The zero-order chi connectivity index (χ0) is 13.0. The van der Waals surface area contributed by atoms with Gasteiger partial charge in [0.25, 0.3) is 0 Å². The predicted octanol–water partition coefficient (Wildman–Crippen LogP) is 3.20. The fraction of sp³-hybridized carbons (Fsp3) is 0.625. The molecule has 0 heterocycles. The molecule has 0 spiro atoms. The molecule has 1 saturated carbocycles. The molecule has 1 aliphatic carbocycles. The first-order valence-corrected chi connectivity index (χ1v) is 7.11. The van der Waals surface area contributed by atoms with Crippen LogP contribution in [0.15, 0.2) is 24.3 Å². The molecular weight excluding hydrogens is 222 g/mol. The van der Waals surface area contributed by atoms with Gasteiger partial charge in [0.2, 0.25) is 0 Å². The Bertz CT molecular complexity index is 386. The molecule has 100 valence electrons. The van der Waals surface area contributed by atoms with E-state index in [1.165, 1.54) is 24.0 Å². The van der Waals surface area contributed by atoms with Gasteiger partial charge in [-0.15, -0.1) is 0 Å². The van der Waals surface area contributed by atoms with E-state index in [1.54, 1.807) is 0 Å². The van der Waals surface area contributed by atoms with E-state index in [0.717, 1.165) is 25.3 Å². The van der Waals surface area contributed by atoms with Crippen molar-refractivity contribution in [3.63, 3.8) is 0 Å². The lowest BCUT2D eigenvalue weighted by Crippen LogP contribution is -2.42. The lowest BCUT2D eigenvalue weighted by Gasteiger charge is -2.29. The Morgan fingerprint density at radius 1 is 1.39 bits per heavy atom. The van der Waals surface area contributed by atoms with Crippen molar-refractivity contribution in [2.75, 3.05) is 6.61 Å². The fourth-order valence-electron chi connectivity index (χ4n) is 2.33. The smallest absolute Gasteiger partial charge is 0.0448 e. The van der Waals surface area contributed by atoms with Crippen molar-refractivity contribution in [2.24, 2.45) is 0 Å². The maximum absolute atomic E-state index is 9.12. The Hall–Kier alpha value is -0.860. The summed E-state index contributed by atoms with van der Waals surface area (Å²) in [7, 11) is 0. The molecule has 2 nitrogen and oxygen atoms in total. The zero-order valence-electron chi connectivity index (χ0n) is 11.6. The summed E-state index contributed by atoms with van der Waals surface area (Å²) < 4.78 is 0. The number of aliphatic hydroxyl groups excluding tert-OH is 1. The van der Waals surface area contributed by atoms with Gasteiger partial charge in [-0.3, -0.25) is 0 Å². The molecule has 1 unspecified atom stereocenters. The first-order chi connectivity index (χ1) is 8.67. The summed E-state index contributed by atoms with van der Waals surface area (Å²) >= 11 is 0. The van der Waals surface area contributed by atoms with Gasteiger partial charge < -0.3 is 10.4 Å². The van der Waals surface area contributed by atoms with Crippen LogP contribution in [0.25, 0.3) is 0 Å². The van der Waals surface area contributed by atoms with E-state index in [9.17, 15) is 0 Å². The summed E-state index contributed by atoms with van der Waals surface area (Å²) in [5.41, 5.74) is 2.90. The number of hydrogen-bond donors (Lipinski definition) is 2. The number of nitrogens with one attached hydrogen (secondary N) is 1. The molecule has 1 aromatic carbocycles. The van der Waals surface area contributed by atoms with Crippen LogP contribution in [0.1, 0.15) is 56.6 Å². The van der Waals surface area contributed by atoms with E-state index < -0.39 is 0 Å². The third-order valence-electron chi connectivity index (χ3n) is 4.16. The van der Waals surface area contributed by atoms with E-state index >= 15 is 0 Å². The molecule has 0 aliphatic heterocycles. The second kappa shape index (κ2) is 5.85. The summed E-state index contributed by atoms with van der Waals surface area (Å²) in [6, 6.07) is 8.93. The number of hydrogen-bond acceptors (Lipinski definition) is 2. The van der Waals surface area contributed by atoms with E-state index in [1.807, 2.05) is 0 Å². The molecule has 1 aromatic rings. The van der Waals surface area contributed by atoms with Crippen molar-refractivity contribution < 1.29 is 5.11 Å². The molecule has 1 aliphatic rings. The van der Waals surface area contributed by atoms with Crippen molar-refractivity contribution >= 4 is 0 Å². The quantitative estimate of drug-likeness (QED) is 0.775. The third-order valence-corrected chi connectivity index (χ3v) is 4.16. The van der Waals surface area contributed by atoms with Crippen LogP contribution >= 0.6 is 0 Å². The first-order valence-electron chi connectivity index (χ1n) is 7.11. The highest BCUT2D eigenvalue weighted by atomic mass is 16.3. The minimum absolute atomic E-state index is 0.0460. The van der Waals surface area contributed by atoms with Crippen LogP contribution in [0.4, 0.5) is 0 Å². The third kappa shape index (κ3) is 3.56. The maximum atomic E-state index is 9.12. The van der Waals surface area contributed by atoms with Gasteiger partial charge in [0.05, 0.1) is 0 Å². The van der Waals surface area contributed by atoms with Gasteiger partial charge in [0.15, 0.2) is 0 Å². The van der Waals surface area contributed by atoms with Gasteiger partial charge in [0.1, 0.15) is 0 Å². The van der Waals surface area contributed by atoms with Crippen molar-refractivity contribution in [3.8, 4) is 0 Å². The zero-order valence-corrected chi connectivity index (χ0v) is 11.6. The monoisotopic (exact) mass is 247 g/mol. The van der Waals surface area contributed by atoms with E-state index in [2.05, 4.69) is 43.4 Å². The molecule has 1 atom stereocenters. The van der Waals surface area contributed by atoms with Crippen LogP contribution in [0.3, 0.4) is 0 Å². The van der Waals surface area contributed by atoms with Crippen LogP contribution in [-0.4, -0.2) is 17.3 Å². The molecule has 0 saturated heterocycles. The van der Waals surface area contributed by atoms with Crippen LogP contribution in [0.5, 0.6) is 0 Å². The second-order valence-corrected chi connectivity index (χ2v) is 5.76. The van der Waals surface area contributed by atoms with E-state index in [-0.39, 0.29) is 12.1 Å². The Kier molecular flexibility index (Phi) is 4.41. The molecule has 18 heavy (non-hydrogen) atoms. The number of rotatable bonds is 7. The van der Waals surface area contributed by atoms with E-state index in [4.69, 9.17) is 5.11 Å². The van der Waals surface area contributed by atoms with Crippen molar-refractivity contribution in [3.05, 3.63) is 35.4 Å². The Morgan fingerprint density at radius 2 is 2.17 bits per heavy atom. The lowest BCUT2D eigenvalue weighted by molar-refractivity contribution is 0.214. The minimum Gasteiger partial charge on any atom is -0.396 e. The summed E-state index contributed by atoms with van der Waals surface area (Å²) in [6.45, 7) is 5.50. The molecule has 2 N–H and O–H groups in total. The summed E-state index contributed by atoms with van der Waals surface area (Å²) in [5, 5.41) is 12.7. The highest BCUT2D eigenvalue weighted by Crippen LogP contribution is 2.40. The normalized spacial score (nSPS) is 18.6. The van der Waals surface area contributed by atoms with Gasteiger partial charge in [0, 0.05) is 18.7 Å². The minimum atomic E-state index is 0.0460. The summed E-state index contributed by atoms with van der Waals surface area (Å²) in [6.07, 6.45) is 4.56. The van der Waals surface area contributed by atoms with Crippen LogP contribution in [-0.2, 0) is 6.54 Å². The topological polar surface area (TPSA) is 32.3 Å². The van der Waals surface area contributed by atoms with Gasteiger partial charge in [-0.05, 0) is 49.7 Å². The van der Waals surface area contributed by atoms with Crippen molar-refractivity contribution in [1.82, 2.24) is 5.32 Å². The number of aliphatic hydroxyl groups is 1. The molecule has 0 radical (unpaired) electrons. The molecule has 1 fully saturated rings. The average Bonchev–Trinajstić information content (AvgIpc) is 3.22. The molecule has 2 rings (SSSR count). The van der Waals surface area contributed by atoms with Crippen LogP contribution in [0, 0.1) is 0 Å². The van der Waals surface area contributed by atoms with E-state index in [0.29, 0.717) is 0 Å². The summed E-state index contributed by atoms with van der Waals surface area (Å²) in [5.74, 6) is 0.819. The Balaban J connectivity index is 1.94. The largest absolute Gasteiger partial charge is 0.396 e. The SMILES string of the molecule is CCC(C)(CCO)NCc1cccc(C2CC2)c1. The van der Waals surface area contributed by atoms with Gasteiger partial charge in [-0.2, -0.15) is 0 Å². The highest BCUT2D eigenvalue weighted by Gasteiger charge is 2.24. The molecule has 0 amide bonds. The summed E-state index contributed by atoms with van der Waals surface area (Å²) in [4.78, 5) is 0. The van der Waals surface area contributed by atoms with Gasteiger partial charge in [-0.25, -0.2) is 0 Å². The fourth-order valence-corrected chi connectivity index (χ4v) is 2.33. The predicted molar refractivity (Wildman–Crippen MR) is 75.7 cm³/mol. The first kappa shape index (κ1) is 13.6.